The standard InChI is InChI=1S/C14H18F2N2O/c1-18(13-5-4-11(15)8-12(13)16)14(19)7-10-3-2-6-17-9-10/h4-5,8,10,17H,2-3,6-7,9H2,1H3. The first-order valence-corrected chi connectivity index (χ1v) is 6.50. The zero-order chi connectivity index (χ0) is 13.8. The number of rotatable bonds is 3. The van der Waals surface area contributed by atoms with Gasteiger partial charge in [0.15, 0.2) is 0 Å². The summed E-state index contributed by atoms with van der Waals surface area (Å²) in [6, 6.07) is 3.24. The van der Waals surface area contributed by atoms with E-state index >= 15 is 0 Å². The van der Waals surface area contributed by atoms with Crippen LogP contribution in [-0.4, -0.2) is 26.0 Å². The van der Waals surface area contributed by atoms with E-state index in [-0.39, 0.29) is 11.6 Å². The van der Waals surface area contributed by atoms with E-state index in [4.69, 9.17) is 0 Å². The topological polar surface area (TPSA) is 32.3 Å². The van der Waals surface area contributed by atoms with E-state index in [1.165, 1.54) is 18.0 Å². The van der Waals surface area contributed by atoms with Crippen molar-refractivity contribution in [2.24, 2.45) is 5.92 Å². The Hall–Kier alpha value is -1.49. The van der Waals surface area contributed by atoms with Crippen LogP contribution in [0.4, 0.5) is 14.5 Å². The van der Waals surface area contributed by atoms with Crippen LogP contribution in [0.3, 0.4) is 0 Å². The summed E-state index contributed by atoms with van der Waals surface area (Å²) in [6.07, 6.45) is 2.46. The molecule has 104 valence electrons. The van der Waals surface area contributed by atoms with Crippen LogP contribution in [-0.2, 0) is 4.79 Å². The summed E-state index contributed by atoms with van der Waals surface area (Å²) >= 11 is 0. The van der Waals surface area contributed by atoms with Crippen LogP contribution >= 0.6 is 0 Å². The molecule has 1 fully saturated rings. The van der Waals surface area contributed by atoms with Crippen molar-refractivity contribution in [1.29, 1.82) is 0 Å². The van der Waals surface area contributed by atoms with Gasteiger partial charge in [-0.05, 0) is 44.0 Å². The monoisotopic (exact) mass is 268 g/mol. The lowest BCUT2D eigenvalue weighted by Crippen LogP contribution is -2.35. The minimum atomic E-state index is -0.711. The summed E-state index contributed by atoms with van der Waals surface area (Å²) in [4.78, 5) is 13.4. The molecule has 2 rings (SSSR count). The second-order valence-electron chi connectivity index (χ2n) is 4.96. The fraction of sp³-hybridized carbons (Fsp3) is 0.500. The molecule has 0 radical (unpaired) electrons. The summed E-state index contributed by atoms with van der Waals surface area (Å²) in [5.41, 5.74) is 0.121. The molecule has 0 saturated carbocycles. The van der Waals surface area contributed by atoms with Crippen molar-refractivity contribution < 1.29 is 13.6 Å². The fourth-order valence-corrected chi connectivity index (χ4v) is 2.37. The zero-order valence-corrected chi connectivity index (χ0v) is 11.0. The van der Waals surface area contributed by atoms with Crippen LogP contribution < -0.4 is 10.2 Å². The third kappa shape index (κ3) is 3.50. The minimum absolute atomic E-state index is 0.121. The van der Waals surface area contributed by atoms with Crippen molar-refractivity contribution >= 4 is 11.6 Å². The number of anilines is 1. The Balaban J connectivity index is 2.01. The predicted molar refractivity (Wildman–Crippen MR) is 70.0 cm³/mol. The number of carbonyl (C=O) groups is 1. The Kier molecular flexibility index (Phi) is 4.47. The van der Waals surface area contributed by atoms with Gasteiger partial charge in [0.25, 0.3) is 0 Å². The van der Waals surface area contributed by atoms with E-state index in [9.17, 15) is 13.6 Å². The summed E-state index contributed by atoms with van der Waals surface area (Å²) < 4.78 is 26.4. The highest BCUT2D eigenvalue weighted by Gasteiger charge is 2.21. The number of nitrogens with one attached hydrogen (secondary N) is 1. The number of nitrogens with zero attached hydrogens (tertiary/aromatic N) is 1. The Morgan fingerprint density at radius 2 is 2.26 bits per heavy atom. The van der Waals surface area contributed by atoms with Gasteiger partial charge in [0.05, 0.1) is 5.69 Å². The average Bonchev–Trinajstić information content (AvgIpc) is 2.39. The molecule has 1 aliphatic rings. The summed E-state index contributed by atoms with van der Waals surface area (Å²) in [6.45, 7) is 1.82. The van der Waals surface area contributed by atoms with E-state index in [0.717, 1.165) is 38.1 Å². The van der Waals surface area contributed by atoms with Crippen LogP contribution in [0, 0.1) is 17.6 Å². The van der Waals surface area contributed by atoms with Crippen molar-refractivity contribution in [3.63, 3.8) is 0 Å². The molecule has 0 spiro atoms. The molecular formula is C14H18F2N2O. The maximum absolute atomic E-state index is 13.6. The van der Waals surface area contributed by atoms with Crippen molar-refractivity contribution in [2.75, 3.05) is 25.0 Å². The number of hydrogen-bond donors (Lipinski definition) is 1. The normalized spacial score (nSPS) is 19.2. The first-order valence-electron chi connectivity index (χ1n) is 6.50. The smallest absolute Gasteiger partial charge is 0.227 e. The van der Waals surface area contributed by atoms with E-state index in [1.54, 1.807) is 0 Å². The first-order chi connectivity index (χ1) is 9.08. The van der Waals surface area contributed by atoms with Gasteiger partial charge in [-0.15, -0.1) is 0 Å². The van der Waals surface area contributed by atoms with Crippen LogP contribution in [0.2, 0.25) is 0 Å². The SMILES string of the molecule is CN(C(=O)CC1CCCNC1)c1ccc(F)cc1F. The van der Waals surface area contributed by atoms with E-state index in [2.05, 4.69) is 5.32 Å². The number of halogens is 2. The van der Waals surface area contributed by atoms with Gasteiger partial charge in [0.1, 0.15) is 11.6 Å². The van der Waals surface area contributed by atoms with Gasteiger partial charge >= 0.3 is 0 Å². The highest BCUT2D eigenvalue weighted by atomic mass is 19.1. The molecule has 0 bridgehead atoms. The lowest BCUT2D eigenvalue weighted by molar-refractivity contribution is -0.119. The maximum Gasteiger partial charge on any atom is 0.227 e. The summed E-state index contributed by atoms with van der Waals surface area (Å²) in [7, 11) is 1.52. The van der Waals surface area contributed by atoms with Crippen LogP contribution in [0.25, 0.3) is 0 Å². The number of carbonyl (C=O) groups excluding carboxylic acids is 1. The summed E-state index contributed by atoms with van der Waals surface area (Å²) in [5.74, 6) is -1.19. The third-order valence-corrected chi connectivity index (χ3v) is 3.51. The van der Waals surface area contributed by atoms with E-state index in [1.807, 2.05) is 0 Å². The molecule has 1 heterocycles. The highest BCUT2D eigenvalue weighted by Crippen LogP contribution is 2.22. The Morgan fingerprint density at radius 1 is 1.47 bits per heavy atom. The molecule has 1 atom stereocenters. The highest BCUT2D eigenvalue weighted by molar-refractivity contribution is 5.93. The molecule has 1 aromatic rings. The van der Waals surface area contributed by atoms with Gasteiger partial charge in [-0.3, -0.25) is 4.79 Å². The van der Waals surface area contributed by atoms with Gasteiger partial charge in [0, 0.05) is 19.5 Å². The predicted octanol–water partition coefficient (Wildman–Crippen LogP) is 2.32. The van der Waals surface area contributed by atoms with Crippen LogP contribution in [0.1, 0.15) is 19.3 Å². The van der Waals surface area contributed by atoms with Crippen molar-refractivity contribution in [3.8, 4) is 0 Å². The molecular weight excluding hydrogens is 250 g/mol. The van der Waals surface area contributed by atoms with Crippen LogP contribution in [0.15, 0.2) is 18.2 Å². The maximum atomic E-state index is 13.6. The number of benzene rings is 1. The summed E-state index contributed by atoms with van der Waals surface area (Å²) in [5, 5.41) is 3.24. The van der Waals surface area contributed by atoms with Gasteiger partial charge in [-0.25, -0.2) is 8.78 Å². The molecule has 0 aromatic heterocycles. The lowest BCUT2D eigenvalue weighted by Gasteiger charge is -2.25. The Labute approximate surface area is 111 Å². The van der Waals surface area contributed by atoms with E-state index in [0.29, 0.717) is 12.3 Å². The number of hydrogen-bond acceptors (Lipinski definition) is 2. The Bertz CT molecular complexity index is 459. The molecule has 3 nitrogen and oxygen atoms in total. The van der Waals surface area contributed by atoms with Gasteiger partial charge < -0.3 is 10.2 Å². The molecule has 1 unspecified atom stereocenters. The van der Waals surface area contributed by atoms with Crippen molar-refractivity contribution in [2.45, 2.75) is 19.3 Å². The minimum Gasteiger partial charge on any atom is -0.316 e. The second kappa shape index (κ2) is 6.10. The lowest BCUT2D eigenvalue weighted by atomic mass is 9.95. The number of amides is 1. The van der Waals surface area contributed by atoms with Crippen LogP contribution in [0.5, 0.6) is 0 Å². The number of piperidine rings is 1. The average molecular weight is 268 g/mol. The van der Waals surface area contributed by atoms with Crippen molar-refractivity contribution in [1.82, 2.24) is 5.32 Å². The molecule has 1 saturated heterocycles. The van der Waals surface area contributed by atoms with Gasteiger partial charge in [-0.1, -0.05) is 0 Å². The molecule has 19 heavy (non-hydrogen) atoms. The largest absolute Gasteiger partial charge is 0.316 e. The molecule has 1 aromatic carbocycles. The molecule has 5 heteroatoms. The Morgan fingerprint density at radius 3 is 2.89 bits per heavy atom. The first kappa shape index (κ1) is 13.9. The van der Waals surface area contributed by atoms with Gasteiger partial charge in [0.2, 0.25) is 5.91 Å². The van der Waals surface area contributed by atoms with E-state index < -0.39 is 11.6 Å². The third-order valence-electron chi connectivity index (χ3n) is 3.51. The second-order valence-corrected chi connectivity index (χ2v) is 4.96. The molecule has 1 amide bonds. The quantitative estimate of drug-likeness (QED) is 0.912. The fourth-order valence-electron chi connectivity index (χ4n) is 2.37. The van der Waals surface area contributed by atoms with Crippen molar-refractivity contribution in [3.05, 3.63) is 29.8 Å². The molecule has 1 N–H and O–H groups in total. The molecule has 0 aliphatic carbocycles. The zero-order valence-electron chi connectivity index (χ0n) is 11.0. The van der Waals surface area contributed by atoms with Gasteiger partial charge in [-0.2, -0.15) is 0 Å². The molecule has 1 aliphatic heterocycles.